The number of rotatable bonds is 4. The average Bonchev–Trinajstić information content (AvgIpc) is 2.82. The topological polar surface area (TPSA) is 81.4 Å². The van der Waals surface area contributed by atoms with Gasteiger partial charge in [-0.2, -0.15) is 0 Å². The summed E-state index contributed by atoms with van der Waals surface area (Å²) in [6, 6.07) is 6.66. The molecule has 2 aromatic rings. The summed E-state index contributed by atoms with van der Waals surface area (Å²) < 4.78 is 5.93. The number of nitrogens with two attached hydrogens (primary N) is 1. The van der Waals surface area contributed by atoms with Gasteiger partial charge in [0.2, 0.25) is 5.91 Å². The molecule has 0 spiro atoms. The molecule has 106 valence electrons. The fourth-order valence-corrected chi connectivity index (χ4v) is 2.62. The highest BCUT2D eigenvalue weighted by Gasteiger charge is 2.12. The number of ether oxygens (including phenoxy) is 1. The van der Waals surface area contributed by atoms with Crippen molar-refractivity contribution in [3.05, 3.63) is 29.1 Å². The number of thiophene rings is 1. The number of hydrogen-bond donors (Lipinski definition) is 2. The molecule has 1 aromatic heterocycles. The van der Waals surface area contributed by atoms with Crippen LogP contribution in [0.4, 0.5) is 5.69 Å². The van der Waals surface area contributed by atoms with E-state index in [2.05, 4.69) is 5.32 Å². The molecule has 0 saturated heterocycles. The van der Waals surface area contributed by atoms with Crippen LogP contribution in [0.1, 0.15) is 23.5 Å². The highest BCUT2D eigenvalue weighted by molar-refractivity contribution is 7.20. The molecule has 0 bridgehead atoms. The second-order valence-electron chi connectivity index (χ2n) is 4.36. The van der Waals surface area contributed by atoms with Crippen molar-refractivity contribution in [2.24, 2.45) is 5.73 Å². The van der Waals surface area contributed by atoms with Crippen LogP contribution in [0.2, 0.25) is 0 Å². The second kappa shape index (κ2) is 6.02. The van der Waals surface area contributed by atoms with Gasteiger partial charge in [-0.1, -0.05) is 0 Å². The molecule has 1 aromatic carbocycles. The summed E-state index contributed by atoms with van der Waals surface area (Å²) >= 11 is 1.37. The molecular weight excluding hydrogens is 276 g/mol. The maximum absolute atomic E-state index is 11.7. The highest BCUT2D eigenvalue weighted by Crippen LogP contribution is 2.28. The van der Waals surface area contributed by atoms with Gasteiger partial charge in [0.05, 0.1) is 12.6 Å². The zero-order valence-electron chi connectivity index (χ0n) is 11.3. The first-order valence-electron chi connectivity index (χ1n) is 6.28. The van der Waals surface area contributed by atoms with Crippen molar-refractivity contribution in [3.8, 4) is 0 Å². The Morgan fingerprint density at radius 1 is 1.40 bits per heavy atom. The number of amides is 1. The minimum Gasteiger partial charge on any atom is -0.462 e. The van der Waals surface area contributed by atoms with E-state index in [-0.39, 0.29) is 11.9 Å². The number of anilines is 1. The van der Waals surface area contributed by atoms with Crippen molar-refractivity contribution >= 4 is 39.0 Å². The standard InChI is InChI=1S/C14H16N2O3S/c1-3-19-14(18)12-7-9-6-10(4-5-11(9)20-12)16-13(17)8(2)15/h4-8H,3,15H2,1-2H3,(H,16,17). The van der Waals surface area contributed by atoms with Crippen LogP contribution in [0.3, 0.4) is 0 Å². The monoisotopic (exact) mass is 292 g/mol. The second-order valence-corrected chi connectivity index (χ2v) is 5.45. The van der Waals surface area contributed by atoms with Gasteiger partial charge in [-0.15, -0.1) is 11.3 Å². The first-order chi connectivity index (χ1) is 9.51. The maximum Gasteiger partial charge on any atom is 0.348 e. The number of fused-ring (bicyclic) bond motifs is 1. The number of hydrogen-bond acceptors (Lipinski definition) is 5. The smallest absolute Gasteiger partial charge is 0.348 e. The van der Waals surface area contributed by atoms with E-state index in [9.17, 15) is 9.59 Å². The van der Waals surface area contributed by atoms with Crippen LogP contribution in [0.25, 0.3) is 10.1 Å². The van der Waals surface area contributed by atoms with E-state index < -0.39 is 6.04 Å². The Morgan fingerprint density at radius 2 is 2.15 bits per heavy atom. The lowest BCUT2D eigenvalue weighted by molar-refractivity contribution is -0.117. The van der Waals surface area contributed by atoms with Crippen molar-refractivity contribution in [1.82, 2.24) is 0 Å². The Balaban J connectivity index is 2.26. The molecule has 0 aliphatic carbocycles. The summed E-state index contributed by atoms with van der Waals surface area (Å²) in [6.07, 6.45) is 0. The molecular formula is C14H16N2O3S. The normalized spacial score (nSPS) is 12.2. The van der Waals surface area contributed by atoms with E-state index in [4.69, 9.17) is 10.5 Å². The van der Waals surface area contributed by atoms with E-state index in [0.29, 0.717) is 17.2 Å². The third kappa shape index (κ3) is 3.15. The Hall–Kier alpha value is -1.92. The minimum absolute atomic E-state index is 0.245. The molecule has 6 heteroatoms. The van der Waals surface area contributed by atoms with Crippen LogP contribution in [-0.4, -0.2) is 24.5 Å². The van der Waals surface area contributed by atoms with E-state index in [1.807, 2.05) is 12.1 Å². The number of benzene rings is 1. The lowest BCUT2D eigenvalue weighted by Crippen LogP contribution is -2.32. The molecule has 1 atom stereocenters. The molecule has 0 aliphatic rings. The van der Waals surface area contributed by atoms with E-state index >= 15 is 0 Å². The van der Waals surface area contributed by atoms with Gasteiger partial charge in [0.25, 0.3) is 0 Å². The predicted octanol–water partition coefficient (Wildman–Crippen LogP) is 2.36. The van der Waals surface area contributed by atoms with E-state index in [1.54, 1.807) is 26.0 Å². The zero-order chi connectivity index (χ0) is 14.7. The van der Waals surface area contributed by atoms with Gasteiger partial charge in [0, 0.05) is 10.4 Å². The fourth-order valence-electron chi connectivity index (χ4n) is 1.68. The summed E-state index contributed by atoms with van der Waals surface area (Å²) in [5, 5.41) is 3.61. The van der Waals surface area contributed by atoms with Gasteiger partial charge in [0.1, 0.15) is 4.88 Å². The van der Waals surface area contributed by atoms with Crippen molar-refractivity contribution < 1.29 is 14.3 Å². The van der Waals surface area contributed by atoms with Crippen molar-refractivity contribution in [1.29, 1.82) is 0 Å². The number of esters is 1. The summed E-state index contributed by atoms with van der Waals surface area (Å²) in [7, 11) is 0. The molecule has 0 aliphatic heterocycles. The van der Waals surface area contributed by atoms with Gasteiger partial charge in [-0.25, -0.2) is 4.79 Å². The van der Waals surface area contributed by atoms with Crippen LogP contribution in [0, 0.1) is 0 Å². The van der Waals surface area contributed by atoms with Gasteiger partial charge in [-0.3, -0.25) is 4.79 Å². The molecule has 1 heterocycles. The molecule has 0 radical (unpaired) electrons. The molecule has 3 N–H and O–H groups in total. The van der Waals surface area contributed by atoms with Gasteiger partial charge in [-0.05, 0) is 43.5 Å². The van der Waals surface area contributed by atoms with Crippen LogP contribution >= 0.6 is 11.3 Å². The van der Waals surface area contributed by atoms with E-state index in [0.717, 1.165) is 10.1 Å². The third-order valence-electron chi connectivity index (χ3n) is 2.67. The van der Waals surface area contributed by atoms with Crippen molar-refractivity contribution in [2.75, 3.05) is 11.9 Å². The van der Waals surface area contributed by atoms with Crippen LogP contribution in [0.5, 0.6) is 0 Å². The van der Waals surface area contributed by atoms with Crippen LogP contribution in [-0.2, 0) is 9.53 Å². The Kier molecular flexibility index (Phi) is 4.36. The van der Waals surface area contributed by atoms with Gasteiger partial charge >= 0.3 is 5.97 Å². The number of carbonyl (C=O) groups excluding carboxylic acids is 2. The maximum atomic E-state index is 11.7. The summed E-state index contributed by atoms with van der Waals surface area (Å²) in [5.74, 6) is -0.569. The van der Waals surface area contributed by atoms with Crippen molar-refractivity contribution in [2.45, 2.75) is 19.9 Å². The minimum atomic E-state index is -0.566. The lowest BCUT2D eigenvalue weighted by atomic mass is 10.2. The Bertz CT molecular complexity index is 649. The SMILES string of the molecule is CCOC(=O)c1cc2cc(NC(=O)C(C)N)ccc2s1. The first kappa shape index (κ1) is 14.5. The largest absolute Gasteiger partial charge is 0.462 e. The summed E-state index contributed by atoms with van der Waals surface area (Å²) in [5.41, 5.74) is 6.16. The van der Waals surface area contributed by atoms with Gasteiger partial charge in [0.15, 0.2) is 0 Å². The van der Waals surface area contributed by atoms with Crippen molar-refractivity contribution in [3.63, 3.8) is 0 Å². The quantitative estimate of drug-likeness (QED) is 0.848. The van der Waals surface area contributed by atoms with Gasteiger partial charge < -0.3 is 15.8 Å². The molecule has 20 heavy (non-hydrogen) atoms. The Morgan fingerprint density at radius 3 is 2.80 bits per heavy atom. The van der Waals surface area contributed by atoms with Crippen LogP contribution in [0.15, 0.2) is 24.3 Å². The average molecular weight is 292 g/mol. The molecule has 0 saturated carbocycles. The fraction of sp³-hybridized carbons (Fsp3) is 0.286. The zero-order valence-corrected chi connectivity index (χ0v) is 12.1. The van der Waals surface area contributed by atoms with Crippen LogP contribution < -0.4 is 11.1 Å². The first-order valence-corrected chi connectivity index (χ1v) is 7.10. The van der Waals surface area contributed by atoms with E-state index in [1.165, 1.54) is 11.3 Å². The molecule has 0 fully saturated rings. The summed E-state index contributed by atoms with van der Waals surface area (Å²) in [6.45, 7) is 3.74. The number of carbonyl (C=O) groups is 2. The molecule has 5 nitrogen and oxygen atoms in total. The third-order valence-corrected chi connectivity index (χ3v) is 3.77. The highest BCUT2D eigenvalue weighted by atomic mass is 32.1. The summed E-state index contributed by atoms with van der Waals surface area (Å²) in [4.78, 5) is 23.8. The molecule has 1 amide bonds. The molecule has 1 unspecified atom stereocenters. The lowest BCUT2D eigenvalue weighted by Gasteiger charge is -2.07. The molecule has 2 rings (SSSR count). The number of nitrogens with one attached hydrogen (secondary N) is 1. The Labute approximate surface area is 120 Å². The predicted molar refractivity (Wildman–Crippen MR) is 80.1 cm³/mol.